The van der Waals surface area contributed by atoms with Crippen LogP contribution in [-0.4, -0.2) is 21.2 Å². The van der Waals surface area contributed by atoms with E-state index in [1.165, 1.54) is 22.8 Å². The molecule has 0 aliphatic carbocycles. The number of carbonyl (C=O) groups excluding carboxylic acids is 1. The van der Waals surface area contributed by atoms with Crippen molar-refractivity contribution < 1.29 is 18.0 Å². The molecule has 168 valence electrons. The van der Waals surface area contributed by atoms with Crippen LogP contribution in [0.2, 0.25) is 0 Å². The van der Waals surface area contributed by atoms with Gasteiger partial charge in [0.15, 0.2) is 5.16 Å². The second-order valence-corrected chi connectivity index (χ2v) is 8.17. The van der Waals surface area contributed by atoms with E-state index in [0.29, 0.717) is 21.6 Å². The van der Waals surface area contributed by atoms with Gasteiger partial charge in [0, 0.05) is 18.2 Å². The summed E-state index contributed by atoms with van der Waals surface area (Å²) < 4.78 is 41.5. The minimum atomic E-state index is -0.743. The molecule has 0 unspecified atom stereocenters. The van der Waals surface area contributed by atoms with Gasteiger partial charge in [-0.2, -0.15) is 0 Å². The summed E-state index contributed by atoms with van der Waals surface area (Å²) in [6.45, 7) is 0.0563. The van der Waals surface area contributed by atoms with E-state index in [0.717, 1.165) is 23.9 Å². The number of para-hydroxylation sites is 1. The third-order valence-electron chi connectivity index (χ3n) is 4.90. The van der Waals surface area contributed by atoms with E-state index in [2.05, 4.69) is 10.3 Å². The Labute approximate surface area is 191 Å². The van der Waals surface area contributed by atoms with Gasteiger partial charge in [0.1, 0.15) is 17.5 Å². The van der Waals surface area contributed by atoms with Gasteiger partial charge in [-0.25, -0.2) is 18.2 Å². The van der Waals surface area contributed by atoms with E-state index in [1.807, 2.05) is 0 Å². The molecule has 5 nitrogen and oxygen atoms in total. The van der Waals surface area contributed by atoms with Gasteiger partial charge in [0.2, 0.25) is 5.91 Å². The number of amides is 1. The zero-order valence-electron chi connectivity index (χ0n) is 17.2. The van der Waals surface area contributed by atoms with Crippen LogP contribution in [0.1, 0.15) is 11.1 Å². The average molecular weight is 469 g/mol. The Bertz CT molecular complexity index is 1370. The summed E-state index contributed by atoms with van der Waals surface area (Å²) in [6, 6.07) is 15.8. The molecule has 0 aliphatic heterocycles. The predicted molar refractivity (Wildman–Crippen MR) is 120 cm³/mol. The highest BCUT2D eigenvalue weighted by Crippen LogP contribution is 2.19. The van der Waals surface area contributed by atoms with Gasteiger partial charge in [0.05, 0.1) is 23.2 Å². The van der Waals surface area contributed by atoms with Crippen molar-refractivity contribution in [3.05, 3.63) is 106 Å². The number of thioether (sulfide) groups is 1. The molecule has 1 heterocycles. The fourth-order valence-electron chi connectivity index (χ4n) is 3.21. The highest BCUT2D eigenvalue weighted by atomic mass is 32.2. The zero-order chi connectivity index (χ0) is 23.4. The number of hydrogen-bond donors (Lipinski definition) is 1. The number of nitrogens with one attached hydrogen (secondary N) is 1. The number of nitrogens with zero attached hydrogens (tertiary/aromatic N) is 2. The molecule has 0 saturated heterocycles. The molecular weight excluding hydrogens is 451 g/mol. The van der Waals surface area contributed by atoms with Crippen molar-refractivity contribution in [3.63, 3.8) is 0 Å². The summed E-state index contributed by atoms with van der Waals surface area (Å²) in [7, 11) is 0. The first-order valence-corrected chi connectivity index (χ1v) is 11.0. The number of carbonyl (C=O) groups is 1. The summed E-state index contributed by atoms with van der Waals surface area (Å²) in [5, 5.41) is 3.33. The number of benzene rings is 3. The first-order chi connectivity index (χ1) is 15.9. The van der Waals surface area contributed by atoms with Crippen LogP contribution in [0.3, 0.4) is 0 Å². The average Bonchev–Trinajstić information content (AvgIpc) is 2.80. The van der Waals surface area contributed by atoms with Crippen LogP contribution in [-0.2, 0) is 17.9 Å². The van der Waals surface area contributed by atoms with E-state index in [9.17, 15) is 22.8 Å². The Hall–Kier alpha value is -3.59. The Morgan fingerprint density at radius 3 is 2.45 bits per heavy atom. The Balaban J connectivity index is 1.53. The quantitative estimate of drug-likeness (QED) is 0.324. The molecule has 4 rings (SSSR count). The van der Waals surface area contributed by atoms with Crippen LogP contribution in [0, 0.1) is 17.5 Å². The van der Waals surface area contributed by atoms with Crippen LogP contribution >= 0.6 is 11.8 Å². The van der Waals surface area contributed by atoms with E-state index in [1.54, 1.807) is 36.4 Å². The van der Waals surface area contributed by atoms with E-state index >= 15 is 0 Å². The van der Waals surface area contributed by atoms with Crippen molar-refractivity contribution in [1.82, 2.24) is 14.9 Å². The number of aromatic nitrogens is 2. The standard InChI is InChI=1S/C24H18F3N3O2S/c25-17-8-5-15(6-9-17)13-30-23(32)19-3-1-2-4-21(19)29-24(30)33-14-22(31)28-12-16-7-10-18(26)11-20(16)27/h1-11H,12-14H2,(H,28,31). The van der Waals surface area contributed by atoms with Crippen molar-refractivity contribution in [2.45, 2.75) is 18.2 Å². The zero-order valence-corrected chi connectivity index (χ0v) is 18.0. The lowest BCUT2D eigenvalue weighted by atomic mass is 10.2. The van der Waals surface area contributed by atoms with Crippen LogP contribution in [0.5, 0.6) is 0 Å². The van der Waals surface area contributed by atoms with Crippen molar-refractivity contribution in [1.29, 1.82) is 0 Å². The van der Waals surface area contributed by atoms with Gasteiger partial charge >= 0.3 is 0 Å². The van der Waals surface area contributed by atoms with Crippen LogP contribution in [0.25, 0.3) is 10.9 Å². The van der Waals surface area contributed by atoms with Crippen molar-refractivity contribution in [2.75, 3.05) is 5.75 Å². The molecule has 0 bridgehead atoms. The number of hydrogen-bond acceptors (Lipinski definition) is 4. The highest BCUT2D eigenvalue weighted by molar-refractivity contribution is 7.99. The maximum Gasteiger partial charge on any atom is 0.262 e. The maximum atomic E-state index is 13.8. The summed E-state index contributed by atoms with van der Waals surface area (Å²) in [5.41, 5.74) is 1.08. The number of halogens is 3. The molecule has 0 saturated carbocycles. The summed E-state index contributed by atoms with van der Waals surface area (Å²) >= 11 is 1.06. The Morgan fingerprint density at radius 1 is 0.970 bits per heavy atom. The van der Waals surface area contributed by atoms with E-state index in [-0.39, 0.29) is 35.8 Å². The first-order valence-electron chi connectivity index (χ1n) is 9.98. The van der Waals surface area contributed by atoms with Crippen molar-refractivity contribution in [3.8, 4) is 0 Å². The normalized spacial score (nSPS) is 11.0. The minimum Gasteiger partial charge on any atom is -0.351 e. The first kappa shape index (κ1) is 22.6. The molecule has 0 spiro atoms. The third kappa shape index (κ3) is 5.43. The Morgan fingerprint density at radius 2 is 1.70 bits per heavy atom. The van der Waals surface area contributed by atoms with Gasteiger partial charge < -0.3 is 5.32 Å². The predicted octanol–water partition coefficient (Wildman–Crippen LogP) is 4.27. The molecule has 0 fully saturated rings. The second-order valence-electron chi connectivity index (χ2n) is 7.23. The van der Waals surface area contributed by atoms with Gasteiger partial charge in [-0.3, -0.25) is 14.2 Å². The van der Waals surface area contributed by atoms with E-state index < -0.39 is 17.5 Å². The van der Waals surface area contributed by atoms with E-state index in [4.69, 9.17) is 0 Å². The minimum absolute atomic E-state index is 0.0724. The molecule has 1 aromatic heterocycles. The van der Waals surface area contributed by atoms with Crippen molar-refractivity contribution in [2.24, 2.45) is 0 Å². The molecule has 0 aliphatic rings. The van der Waals surface area contributed by atoms with Gasteiger partial charge in [-0.1, -0.05) is 42.1 Å². The molecule has 4 aromatic rings. The monoisotopic (exact) mass is 469 g/mol. The van der Waals surface area contributed by atoms with Crippen LogP contribution in [0.15, 0.2) is 76.7 Å². The largest absolute Gasteiger partial charge is 0.351 e. The Kier molecular flexibility index (Phi) is 6.79. The lowest BCUT2D eigenvalue weighted by Gasteiger charge is -2.13. The van der Waals surface area contributed by atoms with Crippen LogP contribution in [0.4, 0.5) is 13.2 Å². The van der Waals surface area contributed by atoms with Crippen molar-refractivity contribution >= 4 is 28.6 Å². The van der Waals surface area contributed by atoms with Gasteiger partial charge in [-0.15, -0.1) is 0 Å². The van der Waals surface area contributed by atoms with Gasteiger partial charge in [-0.05, 0) is 35.9 Å². The molecule has 1 amide bonds. The molecular formula is C24H18F3N3O2S. The third-order valence-corrected chi connectivity index (χ3v) is 5.88. The lowest BCUT2D eigenvalue weighted by Crippen LogP contribution is -2.27. The summed E-state index contributed by atoms with van der Waals surface area (Å²) in [4.78, 5) is 30.0. The topological polar surface area (TPSA) is 64.0 Å². The fourth-order valence-corrected chi connectivity index (χ4v) is 4.04. The van der Waals surface area contributed by atoms with Crippen LogP contribution < -0.4 is 10.9 Å². The molecule has 33 heavy (non-hydrogen) atoms. The number of rotatable bonds is 7. The fraction of sp³-hybridized carbons (Fsp3) is 0.125. The SMILES string of the molecule is O=C(CSc1nc2ccccc2c(=O)n1Cc1ccc(F)cc1)NCc1ccc(F)cc1F. The molecule has 9 heteroatoms. The van der Waals surface area contributed by atoms with Gasteiger partial charge in [0.25, 0.3) is 5.56 Å². The number of fused-ring (bicyclic) bond motifs is 1. The molecule has 0 atom stereocenters. The summed E-state index contributed by atoms with van der Waals surface area (Å²) in [5.74, 6) is -2.30. The maximum absolute atomic E-state index is 13.8. The lowest BCUT2D eigenvalue weighted by molar-refractivity contribution is -0.118. The molecule has 3 aromatic carbocycles. The highest BCUT2D eigenvalue weighted by Gasteiger charge is 2.14. The second kappa shape index (κ2) is 9.91. The smallest absolute Gasteiger partial charge is 0.262 e. The summed E-state index contributed by atoms with van der Waals surface area (Å²) in [6.07, 6.45) is 0. The molecule has 0 radical (unpaired) electrons. The molecule has 1 N–H and O–H groups in total.